The molecule has 0 aromatic carbocycles. The van der Waals surface area contributed by atoms with E-state index < -0.39 is 0 Å². The van der Waals surface area contributed by atoms with Gasteiger partial charge in [0.15, 0.2) is 0 Å². The van der Waals surface area contributed by atoms with Crippen molar-refractivity contribution >= 4 is 51.2 Å². The van der Waals surface area contributed by atoms with Gasteiger partial charge in [-0.05, 0) is 28.7 Å². The Bertz CT molecular complexity index is 229. The van der Waals surface area contributed by atoms with Crippen molar-refractivity contribution in [3.8, 4) is 0 Å². The van der Waals surface area contributed by atoms with Gasteiger partial charge >= 0.3 is 5.97 Å². The number of halogens is 2. The normalized spacial score (nSPS) is 15.1. The lowest BCUT2D eigenvalue weighted by molar-refractivity contribution is -0.148. The predicted octanol–water partition coefficient (Wildman–Crippen LogP) is 3.72. The fraction of sp³-hybridized carbons (Fsp3) is 0.700. The fourth-order valence-electron chi connectivity index (χ4n) is 0.848. The molecule has 82 valence electrons. The number of allylic oxidation sites excluding steroid dienone is 1. The molecule has 0 aromatic heterocycles. The van der Waals surface area contributed by atoms with Gasteiger partial charge in [0, 0.05) is 20.3 Å². The van der Waals surface area contributed by atoms with Crippen LogP contribution in [0.3, 0.4) is 0 Å². The Morgan fingerprint density at radius 1 is 1.50 bits per heavy atom. The van der Waals surface area contributed by atoms with Crippen molar-refractivity contribution in [2.75, 3.05) is 4.43 Å². The number of hydrogen-bond acceptors (Lipinski definition) is 2. The molecule has 0 rings (SSSR count). The minimum atomic E-state index is -0.223. The molecule has 0 spiro atoms. The van der Waals surface area contributed by atoms with E-state index >= 15 is 0 Å². The van der Waals surface area contributed by atoms with E-state index in [1.54, 1.807) is 0 Å². The van der Waals surface area contributed by atoms with E-state index in [0.29, 0.717) is 0 Å². The molecule has 14 heavy (non-hydrogen) atoms. The molecule has 0 aliphatic carbocycles. The molecule has 0 saturated heterocycles. The molecule has 0 amide bonds. The van der Waals surface area contributed by atoms with Crippen molar-refractivity contribution < 1.29 is 9.53 Å². The summed E-state index contributed by atoms with van der Waals surface area (Å²) in [4.78, 5) is 10.9. The molecule has 1 atom stereocenters. The number of ether oxygens (including phenoxy) is 1. The molecular weight excluding hydrogens is 406 g/mol. The number of rotatable bonds is 3. The number of carbonyl (C=O) groups is 1. The Morgan fingerprint density at radius 3 is 2.29 bits per heavy atom. The van der Waals surface area contributed by atoms with E-state index in [2.05, 4.69) is 66.0 Å². The molecule has 0 N–H and O–H groups in total. The summed E-state index contributed by atoms with van der Waals surface area (Å²) in [5, 5.41) is 0. The zero-order valence-electron chi connectivity index (χ0n) is 8.93. The van der Waals surface area contributed by atoms with Crippen molar-refractivity contribution in [1.29, 1.82) is 0 Å². The molecule has 0 radical (unpaired) electrons. The van der Waals surface area contributed by atoms with Crippen LogP contribution in [0.15, 0.2) is 9.66 Å². The summed E-state index contributed by atoms with van der Waals surface area (Å²) in [7, 11) is 0. The van der Waals surface area contributed by atoms with Gasteiger partial charge < -0.3 is 4.74 Å². The molecule has 2 nitrogen and oxygen atoms in total. The highest BCUT2D eigenvalue weighted by Crippen LogP contribution is 2.26. The van der Waals surface area contributed by atoms with Gasteiger partial charge in [0.25, 0.3) is 0 Å². The maximum Gasteiger partial charge on any atom is 0.303 e. The molecule has 0 fully saturated rings. The van der Waals surface area contributed by atoms with Gasteiger partial charge in [-0.15, -0.1) is 0 Å². The summed E-state index contributed by atoms with van der Waals surface area (Å²) in [6.45, 7) is 7.64. The van der Waals surface area contributed by atoms with E-state index in [0.717, 1.165) is 4.43 Å². The van der Waals surface area contributed by atoms with E-state index in [-0.39, 0.29) is 17.5 Å². The molecular formula is C10H16I2O2. The average molecular weight is 422 g/mol. The van der Waals surface area contributed by atoms with Crippen molar-refractivity contribution in [3.05, 3.63) is 9.66 Å². The SMILES string of the molecule is CC(=O)OC(/C=C(/I)CI)C(C)(C)C. The highest BCUT2D eigenvalue weighted by molar-refractivity contribution is 14.1. The molecule has 0 saturated carbocycles. The second kappa shape index (κ2) is 6.30. The quantitative estimate of drug-likeness (QED) is 0.394. The fourth-order valence-corrected chi connectivity index (χ4v) is 1.43. The van der Waals surface area contributed by atoms with Crippen molar-refractivity contribution in [2.45, 2.75) is 33.8 Å². The second-order valence-electron chi connectivity index (χ2n) is 4.14. The molecule has 0 aliphatic rings. The Kier molecular flexibility index (Phi) is 6.60. The number of alkyl halides is 1. The van der Waals surface area contributed by atoms with Crippen molar-refractivity contribution in [2.24, 2.45) is 5.41 Å². The van der Waals surface area contributed by atoms with Gasteiger partial charge in [0.2, 0.25) is 0 Å². The lowest BCUT2D eigenvalue weighted by atomic mass is 9.89. The topological polar surface area (TPSA) is 26.3 Å². The first kappa shape index (κ1) is 14.7. The van der Waals surface area contributed by atoms with Crippen LogP contribution in [0.2, 0.25) is 0 Å². The van der Waals surface area contributed by atoms with Gasteiger partial charge in [-0.25, -0.2) is 0 Å². The van der Waals surface area contributed by atoms with Crippen LogP contribution in [0, 0.1) is 5.41 Å². The minimum Gasteiger partial charge on any atom is -0.458 e. The third kappa shape index (κ3) is 6.21. The monoisotopic (exact) mass is 422 g/mol. The van der Waals surface area contributed by atoms with Crippen LogP contribution >= 0.6 is 45.2 Å². The lowest BCUT2D eigenvalue weighted by Gasteiger charge is -2.27. The van der Waals surface area contributed by atoms with Crippen LogP contribution in [0.25, 0.3) is 0 Å². The summed E-state index contributed by atoms with van der Waals surface area (Å²) in [6, 6.07) is 0. The summed E-state index contributed by atoms with van der Waals surface area (Å²) in [5.74, 6) is -0.223. The smallest absolute Gasteiger partial charge is 0.303 e. The van der Waals surface area contributed by atoms with Crippen LogP contribution < -0.4 is 0 Å². The summed E-state index contributed by atoms with van der Waals surface area (Å²) < 4.78 is 7.43. The summed E-state index contributed by atoms with van der Waals surface area (Å²) in [5.41, 5.74) is -0.0477. The van der Waals surface area contributed by atoms with E-state index in [9.17, 15) is 4.79 Å². The highest BCUT2D eigenvalue weighted by atomic mass is 127. The first-order chi connectivity index (χ1) is 6.27. The average Bonchev–Trinajstić information content (AvgIpc) is 2.00. The zero-order chi connectivity index (χ0) is 11.4. The number of hydrogen-bond donors (Lipinski definition) is 0. The van der Waals surface area contributed by atoms with Crippen LogP contribution in [-0.4, -0.2) is 16.5 Å². The minimum absolute atomic E-state index is 0.0477. The van der Waals surface area contributed by atoms with Crippen molar-refractivity contribution in [3.63, 3.8) is 0 Å². The van der Waals surface area contributed by atoms with Gasteiger partial charge in [0.05, 0.1) is 0 Å². The van der Waals surface area contributed by atoms with Crippen LogP contribution in [0.1, 0.15) is 27.7 Å². The molecule has 1 unspecified atom stereocenters. The number of carbonyl (C=O) groups excluding carboxylic acids is 1. The third-order valence-corrected chi connectivity index (χ3v) is 4.63. The van der Waals surface area contributed by atoms with Crippen LogP contribution in [0.5, 0.6) is 0 Å². The largest absolute Gasteiger partial charge is 0.458 e. The summed E-state index contributed by atoms with van der Waals surface area (Å²) in [6.07, 6.45) is 1.88. The Morgan fingerprint density at radius 2 is 2.00 bits per heavy atom. The standard InChI is InChI=1S/C10H16I2O2/c1-7(13)14-9(10(2,3)4)5-8(12)6-11/h5,9H,6H2,1-4H3/b8-5+. The van der Waals surface area contributed by atoms with Gasteiger partial charge in [-0.1, -0.05) is 43.4 Å². The maximum atomic E-state index is 10.9. The van der Waals surface area contributed by atoms with Gasteiger partial charge in [0.1, 0.15) is 6.10 Å². The van der Waals surface area contributed by atoms with Gasteiger partial charge in [-0.3, -0.25) is 4.79 Å². The Hall–Kier alpha value is 0.670. The van der Waals surface area contributed by atoms with E-state index in [1.165, 1.54) is 10.5 Å². The van der Waals surface area contributed by atoms with E-state index in [1.807, 2.05) is 6.08 Å². The predicted molar refractivity (Wildman–Crippen MR) is 76.0 cm³/mol. The lowest BCUT2D eigenvalue weighted by Crippen LogP contribution is -2.29. The first-order valence-electron chi connectivity index (χ1n) is 4.36. The molecule has 0 aliphatic heterocycles. The molecule has 0 heterocycles. The maximum absolute atomic E-state index is 10.9. The van der Waals surface area contributed by atoms with Gasteiger partial charge in [-0.2, -0.15) is 0 Å². The molecule has 0 aromatic rings. The molecule has 4 heteroatoms. The third-order valence-electron chi connectivity index (χ3n) is 1.61. The number of esters is 1. The Balaban J connectivity index is 4.65. The summed E-state index contributed by atoms with van der Waals surface area (Å²) >= 11 is 4.56. The highest BCUT2D eigenvalue weighted by Gasteiger charge is 2.25. The first-order valence-corrected chi connectivity index (χ1v) is 6.97. The van der Waals surface area contributed by atoms with Crippen LogP contribution in [0.4, 0.5) is 0 Å². The van der Waals surface area contributed by atoms with E-state index in [4.69, 9.17) is 4.74 Å². The molecule has 0 bridgehead atoms. The second-order valence-corrected chi connectivity index (χ2v) is 6.29. The Labute approximate surface area is 113 Å². The van der Waals surface area contributed by atoms with Crippen LogP contribution in [-0.2, 0) is 9.53 Å². The zero-order valence-corrected chi connectivity index (χ0v) is 13.2. The van der Waals surface area contributed by atoms with Crippen molar-refractivity contribution in [1.82, 2.24) is 0 Å².